The number of carbonyl (C=O) groups is 1. The summed E-state index contributed by atoms with van der Waals surface area (Å²) in [6, 6.07) is 8.41. The van der Waals surface area contributed by atoms with Crippen LogP contribution in [0.5, 0.6) is 0 Å². The summed E-state index contributed by atoms with van der Waals surface area (Å²) in [5.74, 6) is -0.358. The molecule has 2 fully saturated rings. The van der Waals surface area contributed by atoms with Gasteiger partial charge in [-0.25, -0.2) is 33.5 Å². The van der Waals surface area contributed by atoms with Crippen LogP contribution in [-0.2, 0) is 14.2 Å². The molecule has 0 amide bonds. The second kappa shape index (κ2) is 14.8. The van der Waals surface area contributed by atoms with E-state index in [1.165, 1.54) is 17.3 Å². The number of benzene rings is 1. The summed E-state index contributed by atoms with van der Waals surface area (Å²) in [6.45, 7) is 1.32. The first-order chi connectivity index (χ1) is 22.2. The number of alkyl halides is 2. The van der Waals surface area contributed by atoms with Crippen LogP contribution in [0.2, 0.25) is 0 Å². The average Bonchev–Trinajstić information content (AvgIpc) is 3.83. The smallest absolute Gasteiger partial charge is 0.338 e. The van der Waals surface area contributed by atoms with Crippen molar-refractivity contribution in [3.63, 3.8) is 0 Å². The molecule has 2 aliphatic heterocycles. The number of aromatic nitrogens is 10. The van der Waals surface area contributed by atoms with E-state index in [1.54, 1.807) is 30.3 Å². The Balaban J connectivity index is 0.000000220. The lowest BCUT2D eigenvalue weighted by Crippen LogP contribution is -2.34. The van der Waals surface area contributed by atoms with Gasteiger partial charge in [-0.05, 0) is 18.6 Å². The molecule has 6 heterocycles. The van der Waals surface area contributed by atoms with Gasteiger partial charge in [0.05, 0.1) is 12.2 Å². The zero-order chi connectivity index (χ0) is 32.5. The fourth-order valence-corrected chi connectivity index (χ4v) is 5.08. The molecule has 258 valence electrons. The predicted molar refractivity (Wildman–Crippen MR) is 163 cm³/mol. The number of anilines is 2. The molecular weight excluding hydrogens is 640 g/mol. The SMILES string of the molecule is C.CC[C@H]1O[C@@H](n2nnc3c(N)ncnc32)[C@@H](F)[C@@H]1OC(=O)c1ccccc1.N.Nc1ncnc2c1nnn2[C@@H]1O[C@H](CO)[C@@H](O)[C@@H]1F. The van der Waals surface area contributed by atoms with Gasteiger partial charge in [0.25, 0.3) is 0 Å². The Kier molecular flexibility index (Phi) is 11.0. The molecule has 1 aromatic carbocycles. The molecule has 9 N–H and O–H groups in total. The largest absolute Gasteiger partial charge is 0.453 e. The summed E-state index contributed by atoms with van der Waals surface area (Å²) in [4.78, 5) is 27.9. The molecule has 21 heteroatoms. The van der Waals surface area contributed by atoms with Crippen LogP contribution in [0.15, 0.2) is 43.0 Å². The highest BCUT2D eigenvalue weighted by Crippen LogP contribution is 2.37. The molecule has 19 nitrogen and oxygen atoms in total. The summed E-state index contributed by atoms with van der Waals surface area (Å²) in [6.07, 6.45) is -7.03. The van der Waals surface area contributed by atoms with Crippen molar-refractivity contribution in [2.45, 2.75) is 70.0 Å². The minimum absolute atomic E-state index is 0. The summed E-state index contributed by atoms with van der Waals surface area (Å²) < 4.78 is 47.8. The highest BCUT2D eigenvalue weighted by atomic mass is 19.1. The van der Waals surface area contributed by atoms with Gasteiger partial charge in [0, 0.05) is 0 Å². The van der Waals surface area contributed by atoms with Gasteiger partial charge in [-0.2, -0.15) is 9.36 Å². The summed E-state index contributed by atoms with van der Waals surface area (Å²) in [7, 11) is 0. The molecule has 2 aliphatic rings. The van der Waals surface area contributed by atoms with Crippen molar-refractivity contribution in [2.24, 2.45) is 0 Å². The molecule has 0 spiro atoms. The summed E-state index contributed by atoms with van der Waals surface area (Å²) >= 11 is 0. The van der Waals surface area contributed by atoms with E-state index in [-0.39, 0.29) is 47.5 Å². The number of hydrogen-bond acceptors (Lipinski definition) is 17. The molecule has 0 unspecified atom stereocenters. The zero-order valence-corrected chi connectivity index (χ0v) is 24.7. The maximum Gasteiger partial charge on any atom is 0.338 e. The summed E-state index contributed by atoms with van der Waals surface area (Å²) in [5.41, 5.74) is 12.6. The average molecular weight is 676 g/mol. The third kappa shape index (κ3) is 6.40. The first-order valence-corrected chi connectivity index (χ1v) is 14.0. The van der Waals surface area contributed by atoms with Crippen LogP contribution in [-0.4, -0.2) is 109 Å². The van der Waals surface area contributed by atoms with Gasteiger partial charge in [-0.1, -0.05) is 43.0 Å². The van der Waals surface area contributed by atoms with Crippen LogP contribution in [0.4, 0.5) is 20.4 Å². The third-order valence-corrected chi connectivity index (χ3v) is 7.46. The van der Waals surface area contributed by atoms with Crippen LogP contribution in [0, 0.1) is 0 Å². The van der Waals surface area contributed by atoms with Gasteiger partial charge in [0.15, 0.2) is 64.9 Å². The van der Waals surface area contributed by atoms with Crippen molar-refractivity contribution >= 4 is 39.9 Å². The Morgan fingerprint density at radius 2 is 1.42 bits per heavy atom. The zero-order valence-electron chi connectivity index (χ0n) is 24.7. The summed E-state index contributed by atoms with van der Waals surface area (Å²) in [5, 5.41) is 33.8. The van der Waals surface area contributed by atoms with Gasteiger partial charge in [-0.3, -0.25) is 0 Å². The van der Waals surface area contributed by atoms with Gasteiger partial charge >= 0.3 is 5.97 Å². The number of carbonyl (C=O) groups excluding carboxylic acids is 1. The Bertz CT molecular complexity index is 1830. The van der Waals surface area contributed by atoms with Crippen molar-refractivity contribution < 1.29 is 38.0 Å². The van der Waals surface area contributed by atoms with Crippen LogP contribution < -0.4 is 17.6 Å². The number of fused-ring (bicyclic) bond motifs is 2. The van der Waals surface area contributed by atoms with Crippen LogP contribution in [0.1, 0.15) is 43.6 Å². The lowest BCUT2D eigenvalue weighted by atomic mass is 10.1. The normalized spacial score (nSPS) is 26.4. The fourth-order valence-electron chi connectivity index (χ4n) is 5.08. The van der Waals surface area contributed by atoms with Crippen molar-refractivity contribution in [2.75, 3.05) is 18.1 Å². The van der Waals surface area contributed by atoms with E-state index in [4.69, 9.17) is 30.8 Å². The van der Waals surface area contributed by atoms with Crippen LogP contribution >= 0.6 is 0 Å². The Morgan fingerprint density at radius 3 is 1.92 bits per heavy atom. The molecule has 48 heavy (non-hydrogen) atoms. The van der Waals surface area contributed by atoms with Crippen molar-refractivity contribution in [1.29, 1.82) is 0 Å². The van der Waals surface area contributed by atoms with Gasteiger partial charge in [0.2, 0.25) is 0 Å². The molecular formula is C27H35F2N13O6. The minimum atomic E-state index is -1.75. The quantitative estimate of drug-likeness (QED) is 0.156. The molecule has 2 saturated heterocycles. The molecule has 0 radical (unpaired) electrons. The molecule has 4 aromatic heterocycles. The van der Waals surface area contributed by atoms with Gasteiger partial charge < -0.3 is 42.0 Å². The van der Waals surface area contributed by atoms with Gasteiger partial charge in [0.1, 0.15) is 31.0 Å². The van der Waals surface area contributed by atoms with Crippen molar-refractivity contribution in [3.8, 4) is 0 Å². The molecule has 0 bridgehead atoms. The standard InChI is InChI=1S/C17H17FN6O3.C9H11FN6O3.CH4.H3N/c1-2-10-13(27-17(25)9-6-4-3-5-7-9)11(18)16(26-10)24-15-12(22-23-24)14(19)20-8-21-15;10-4-6(18)3(1-17)19-9(4)16-8-5(14-15-16)7(11)12-2-13-8;;/h3-8,10-11,13,16H,2H2,1H3,(H2,19,20,21);2-4,6,9,17-18H,1H2,(H2,11,12,13);1H4;1H3/t10-,11+,13-,16-;3-,4+,6-,9-;;/m11../s1. The number of halogens is 2. The Hall–Kier alpha value is -5.09. The van der Waals surface area contributed by atoms with E-state index >= 15 is 4.39 Å². The van der Waals surface area contributed by atoms with E-state index in [0.717, 1.165) is 4.68 Å². The van der Waals surface area contributed by atoms with E-state index < -0.39 is 61.8 Å². The highest BCUT2D eigenvalue weighted by Gasteiger charge is 2.49. The molecule has 5 aromatic rings. The number of hydrogen-bond donors (Lipinski definition) is 5. The maximum atomic E-state index is 15.2. The van der Waals surface area contributed by atoms with Crippen molar-refractivity contribution in [1.82, 2.24) is 56.1 Å². The Morgan fingerprint density at radius 1 is 0.896 bits per heavy atom. The van der Waals surface area contributed by atoms with E-state index in [2.05, 4.69) is 40.6 Å². The first kappa shape index (κ1) is 35.8. The number of nitrogen functional groups attached to an aromatic ring is 2. The topological polar surface area (TPSA) is 285 Å². The lowest BCUT2D eigenvalue weighted by Gasteiger charge is -2.18. The first-order valence-electron chi connectivity index (χ1n) is 14.0. The second-order valence-corrected chi connectivity index (χ2v) is 10.3. The van der Waals surface area contributed by atoms with Crippen molar-refractivity contribution in [3.05, 3.63) is 48.5 Å². The fraction of sp³-hybridized carbons (Fsp3) is 0.444. The number of nitrogens with zero attached hydrogens (tertiary/aromatic N) is 10. The lowest BCUT2D eigenvalue weighted by molar-refractivity contribution is -0.0512. The number of aliphatic hydroxyl groups excluding tert-OH is 2. The van der Waals surface area contributed by atoms with Gasteiger partial charge in [-0.15, -0.1) is 10.2 Å². The Labute approximate surface area is 270 Å². The number of esters is 1. The third-order valence-electron chi connectivity index (χ3n) is 7.46. The van der Waals surface area contributed by atoms with Crippen LogP contribution in [0.25, 0.3) is 22.3 Å². The molecule has 7 rings (SSSR count). The van der Waals surface area contributed by atoms with E-state index in [0.29, 0.717) is 12.0 Å². The maximum absolute atomic E-state index is 15.2. The molecule has 0 aliphatic carbocycles. The number of ether oxygens (including phenoxy) is 3. The molecule has 0 saturated carbocycles. The van der Waals surface area contributed by atoms with E-state index in [1.807, 2.05) is 6.92 Å². The number of aliphatic hydroxyl groups is 2. The van der Waals surface area contributed by atoms with Crippen LogP contribution in [0.3, 0.4) is 0 Å². The second-order valence-electron chi connectivity index (χ2n) is 10.3. The number of nitrogens with two attached hydrogens (primary N) is 2. The molecule has 8 atom stereocenters. The number of rotatable bonds is 6. The minimum Gasteiger partial charge on any atom is -0.453 e. The monoisotopic (exact) mass is 675 g/mol. The predicted octanol–water partition coefficient (Wildman–Crippen LogP) is 0.865. The van der Waals surface area contributed by atoms with E-state index in [9.17, 15) is 14.3 Å². The highest BCUT2D eigenvalue weighted by molar-refractivity contribution is 5.89.